The monoisotopic (exact) mass is 317 g/mol. The molecule has 0 spiro atoms. The van der Waals surface area contributed by atoms with Crippen molar-refractivity contribution >= 4 is 23.7 Å². The summed E-state index contributed by atoms with van der Waals surface area (Å²) in [5.41, 5.74) is 3.61. The number of fused-ring (bicyclic) bond motifs is 1. The van der Waals surface area contributed by atoms with Gasteiger partial charge in [0.1, 0.15) is 13.2 Å². The molecule has 2 heterocycles. The van der Waals surface area contributed by atoms with Gasteiger partial charge >= 0.3 is 0 Å². The van der Waals surface area contributed by atoms with Crippen LogP contribution < -0.4 is 14.9 Å². The fraction of sp³-hybridized carbons (Fsp3) is 0.133. The SMILES string of the molecule is O=C(N/N=C\c1cc(Cl)c2c(c1)OCCO2)c1ccncc1. The molecule has 7 heteroatoms. The topological polar surface area (TPSA) is 72.8 Å². The van der Waals surface area contributed by atoms with Crippen LogP contribution in [0.1, 0.15) is 15.9 Å². The van der Waals surface area contributed by atoms with Gasteiger partial charge in [0.25, 0.3) is 5.91 Å². The van der Waals surface area contributed by atoms with E-state index in [1.165, 1.54) is 6.21 Å². The number of rotatable bonds is 3. The Morgan fingerprint density at radius 1 is 1.27 bits per heavy atom. The molecular weight excluding hydrogens is 306 g/mol. The fourth-order valence-electron chi connectivity index (χ4n) is 1.94. The number of nitrogens with one attached hydrogen (secondary N) is 1. The Morgan fingerprint density at radius 2 is 2.05 bits per heavy atom. The van der Waals surface area contributed by atoms with E-state index in [9.17, 15) is 4.79 Å². The van der Waals surface area contributed by atoms with Crippen LogP contribution in [0, 0.1) is 0 Å². The fourth-order valence-corrected chi connectivity index (χ4v) is 2.21. The van der Waals surface area contributed by atoms with Crippen molar-refractivity contribution in [2.45, 2.75) is 0 Å². The van der Waals surface area contributed by atoms with Crippen molar-refractivity contribution in [3.05, 3.63) is 52.8 Å². The molecule has 6 nitrogen and oxygen atoms in total. The third kappa shape index (κ3) is 3.17. The highest BCUT2D eigenvalue weighted by Crippen LogP contribution is 2.37. The zero-order chi connectivity index (χ0) is 15.4. The second kappa shape index (κ2) is 6.44. The van der Waals surface area contributed by atoms with E-state index in [1.807, 2.05) is 0 Å². The molecule has 0 fully saturated rings. The van der Waals surface area contributed by atoms with Gasteiger partial charge in [0.2, 0.25) is 0 Å². The molecule has 3 rings (SSSR count). The number of ether oxygens (including phenoxy) is 2. The number of hydrazone groups is 1. The predicted octanol–water partition coefficient (Wildman–Crippen LogP) is 2.27. The van der Waals surface area contributed by atoms with Gasteiger partial charge in [-0.25, -0.2) is 5.43 Å². The number of hydrogen-bond donors (Lipinski definition) is 1. The molecule has 0 saturated carbocycles. The maximum absolute atomic E-state index is 11.8. The van der Waals surface area contributed by atoms with Gasteiger partial charge in [-0.1, -0.05) is 11.6 Å². The predicted molar refractivity (Wildman–Crippen MR) is 81.7 cm³/mol. The molecule has 0 unspecified atom stereocenters. The number of pyridine rings is 1. The van der Waals surface area contributed by atoms with Crippen molar-refractivity contribution in [1.29, 1.82) is 0 Å². The Kier molecular flexibility index (Phi) is 4.20. The average Bonchev–Trinajstić information content (AvgIpc) is 2.56. The van der Waals surface area contributed by atoms with Gasteiger partial charge in [0.15, 0.2) is 11.5 Å². The first-order valence-electron chi connectivity index (χ1n) is 6.56. The van der Waals surface area contributed by atoms with E-state index in [0.717, 1.165) is 0 Å². The van der Waals surface area contributed by atoms with Crippen molar-refractivity contribution < 1.29 is 14.3 Å². The van der Waals surface area contributed by atoms with Gasteiger partial charge in [0.05, 0.1) is 11.2 Å². The molecule has 0 atom stereocenters. The molecule has 1 amide bonds. The number of benzene rings is 1. The number of aromatic nitrogens is 1. The number of nitrogens with zero attached hydrogens (tertiary/aromatic N) is 2. The number of hydrogen-bond acceptors (Lipinski definition) is 5. The summed E-state index contributed by atoms with van der Waals surface area (Å²) in [7, 11) is 0. The number of halogens is 1. The summed E-state index contributed by atoms with van der Waals surface area (Å²) < 4.78 is 10.9. The van der Waals surface area contributed by atoms with Crippen molar-refractivity contribution in [2.75, 3.05) is 13.2 Å². The number of carbonyl (C=O) groups excluding carboxylic acids is 1. The van der Waals surface area contributed by atoms with E-state index >= 15 is 0 Å². The minimum atomic E-state index is -0.317. The van der Waals surface area contributed by atoms with Crippen molar-refractivity contribution in [2.24, 2.45) is 5.10 Å². The summed E-state index contributed by atoms with van der Waals surface area (Å²) in [5.74, 6) is 0.786. The number of carbonyl (C=O) groups is 1. The Labute approximate surface area is 131 Å². The van der Waals surface area contributed by atoms with E-state index in [2.05, 4.69) is 15.5 Å². The molecule has 1 aliphatic heterocycles. The van der Waals surface area contributed by atoms with Crippen LogP contribution in [0.4, 0.5) is 0 Å². The Morgan fingerprint density at radius 3 is 2.86 bits per heavy atom. The molecule has 1 aromatic carbocycles. The van der Waals surface area contributed by atoms with Crippen LogP contribution in [-0.4, -0.2) is 30.3 Å². The molecule has 1 aromatic heterocycles. The van der Waals surface area contributed by atoms with Gasteiger partial charge < -0.3 is 9.47 Å². The van der Waals surface area contributed by atoms with Crippen LogP contribution in [0.25, 0.3) is 0 Å². The molecule has 0 saturated heterocycles. The molecule has 112 valence electrons. The maximum atomic E-state index is 11.8. The lowest BCUT2D eigenvalue weighted by Gasteiger charge is -2.19. The molecular formula is C15H12ClN3O3. The van der Waals surface area contributed by atoms with Gasteiger partial charge in [-0.3, -0.25) is 9.78 Å². The zero-order valence-corrected chi connectivity index (χ0v) is 12.2. The minimum Gasteiger partial charge on any atom is -0.486 e. The van der Waals surface area contributed by atoms with E-state index < -0.39 is 0 Å². The van der Waals surface area contributed by atoms with Crippen molar-refractivity contribution in [3.63, 3.8) is 0 Å². The Hall–Kier alpha value is -2.60. The van der Waals surface area contributed by atoms with Crippen LogP contribution in [0.3, 0.4) is 0 Å². The van der Waals surface area contributed by atoms with Crippen LogP contribution in [0.2, 0.25) is 5.02 Å². The van der Waals surface area contributed by atoms with Gasteiger partial charge in [-0.15, -0.1) is 0 Å². The van der Waals surface area contributed by atoms with E-state index in [0.29, 0.717) is 40.9 Å². The highest BCUT2D eigenvalue weighted by molar-refractivity contribution is 6.32. The third-order valence-electron chi connectivity index (χ3n) is 2.94. The summed E-state index contributed by atoms with van der Waals surface area (Å²) in [6, 6.07) is 6.65. The first-order chi connectivity index (χ1) is 10.7. The van der Waals surface area contributed by atoms with E-state index in [1.54, 1.807) is 36.7 Å². The molecule has 0 aliphatic carbocycles. The maximum Gasteiger partial charge on any atom is 0.271 e. The van der Waals surface area contributed by atoms with Crippen molar-refractivity contribution in [3.8, 4) is 11.5 Å². The molecule has 0 bridgehead atoms. The Balaban J connectivity index is 1.71. The summed E-state index contributed by atoms with van der Waals surface area (Å²) in [6.45, 7) is 0.949. The van der Waals surface area contributed by atoms with E-state index in [-0.39, 0.29) is 5.91 Å². The van der Waals surface area contributed by atoms with E-state index in [4.69, 9.17) is 21.1 Å². The second-order valence-electron chi connectivity index (χ2n) is 4.46. The summed E-state index contributed by atoms with van der Waals surface area (Å²) >= 11 is 6.12. The highest BCUT2D eigenvalue weighted by atomic mass is 35.5. The molecule has 0 radical (unpaired) electrons. The zero-order valence-electron chi connectivity index (χ0n) is 11.5. The van der Waals surface area contributed by atoms with Gasteiger partial charge in [-0.2, -0.15) is 5.10 Å². The van der Waals surface area contributed by atoms with Gasteiger partial charge in [-0.05, 0) is 29.8 Å². The normalized spacial score (nSPS) is 13.1. The first-order valence-corrected chi connectivity index (χ1v) is 6.94. The third-order valence-corrected chi connectivity index (χ3v) is 3.22. The summed E-state index contributed by atoms with van der Waals surface area (Å²) in [6.07, 6.45) is 4.57. The molecule has 1 aliphatic rings. The largest absolute Gasteiger partial charge is 0.486 e. The smallest absolute Gasteiger partial charge is 0.271 e. The average molecular weight is 318 g/mol. The Bertz CT molecular complexity index is 719. The van der Waals surface area contributed by atoms with Crippen LogP contribution in [0.5, 0.6) is 11.5 Å². The second-order valence-corrected chi connectivity index (χ2v) is 4.87. The lowest BCUT2D eigenvalue weighted by Crippen LogP contribution is -2.17. The lowest BCUT2D eigenvalue weighted by atomic mass is 10.2. The summed E-state index contributed by atoms with van der Waals surface area (Å²) in [4.78, 5) is 15.7. The number of amides is 1. The molecule has 1 N–H and O–H groups in total. The van der Waals surface area contributed by atoms with Crippen LogP contribution >= 0.6 is 11.6 Å². The first kappa shape index (κ1) is 14.3. The quantitative estimate of drug-likeness (QED) is 0.696. The standard InChI is InChI=1S/C15H12ClN3O3/c16-12-7-10(8-13-14(12)22-6-5-21-13)9-18-19-15(20)11-1-3-17-4-2-11/h1-4,7-9H,5-6H2,(H,19,20)/b18-9-. The molecule has 22 heavy (non-hydrogen) atoms. The van der Waals surface area contributed by atoms with Crippen LogP contribution in [-0.2, 0) is 0 Å². The molecule has 2 aromatic rings. The highest BCUT2D eigenvalue weighted by Gasteiger charge is 2.16. The minimum absolute atomic E-state index is 0.317. The van der Waals surface area contributed by atoms with Crippen LogP contribution in [0.15, 0.2) is 41.8 Å². The lowest BCUT2D eigenvalue weighted by molar-refractivity contribution is 0.0955. The van der Waals surface area contributed by atoms with Crippen molar-refractivity contribution in [1.82, 2.24) is 10.4 Å². The summed E-state index contributed by atoms with van der Waals surface area (Å²) in [5, 5.41) is 4.35. The van der Waals surface area contributed by atoms with Gasteiger partial charge in [0, 0.05) is 18.0 Å².